The number of hydrogen-bond donors (Lipinski definition) is 2. The molecule has 2 aromatic rings. The van der Waals surface area contributed by atoms with Gasteiger partial charge in [0.15, 0.2) is 11.5 Å². The number of carboxylic acid groups (broad SMARTS) is 1. The summed E-state index contributed by atoms with van der Waals surface area (Å²) in [6, 6.07) is 4.85. The molecule has 1 heterocycles. The molecule has 0 radical (unpaired) electrons. The first kappa shape index (κ1) is 14.9. The summed E-state index contributed by atoms with van der Waals surface area (Å²) in [4.78, 5) is 30.7. The number of aromatic carboxylic acids is 1. The highest BCUT2D eigenvalue weighted by atomic mass is 79.9. The van der Waals surface area contributed by atoms with E-state index in [1.807, 2.05) is 0 Å². The van der Waals surface area contributed by atoms with Crippen molar-refractivity contribution in [1.29, 1.82) is 0 Å². The molecule has 1 aromatic heterocycles. The number of halogens is 1. The number of hydrogen-bond acceptors (Lipinski definition) is 5. The maximum atomic E-state index is 12.2. The molecule has 2 N–H and O–H groups in total. The van der Waals surface area contributed by atoms with Gasteiger partial charge in [-0.3, -0.25) is 4.79 Å². The number of amides is 1. The fourth-order valence-corrected chi connectivity index (χ4v) is 1.95. The van der Waals surface area contributed by atoms with Crippen LogP contribution in [0.5, 0.6) is 5.75 Å². The largest absolute Gasteiger partial charge is 0.496 e. The van der Waals surface area contributed by atoms with E-state index in [1.165, 1.54) is 19.5 Å². The first-order valence-electron chi connectivity index (χ1n) is 5.72. The van der Waals surface area contributed by atoms with E-state index < -0.39 is 11.9 Å². The third-order valence-electron chi connectivity index (χ3n) is 2.54. The molecule has 1 amide bonds. The van der Waals surface area contributed by atoms with Gasteiger partial charge in [0.05, 0.1) is 12.7 Å². The van der Waals surface area contributed by atoms with Gasteiger partial charge in [-0.15, -0.1) is 0 Å². The Balaban J connectivity index is 2.33. The Kier molecular flexibility index (Phi) is 4.49. The molecule has 0 atom stereocenters. The molecule has 0 saturated heterocycles. The number of aromatic nitrogens is 2. The fraction of sp³-hybridized carbons (Fsp3) is 0.0769. The van der Waals surface area contributed by atoms with Gasteiger partial charge in [-0.05, 0) is 18.2 Å². The first-order valence-corrected chi connectivity index (χ1v) is 6.51. The average molecular weight is 352 g/mol. The van der Waals surface area contributed by atoms with Crippen LogP contribution in [-0.2, 0) is 0 Å². The quantitative estimate of drug-likeness (QED) is 0.875. The molecule has 2 rings (SSSR count). The van der Waals surface area contributed by atoms with Gasteiger partial charge in [0.2, 0.25) is 0 Å². The van der Waals surface area contributed by atoms with Crippen LogP contribution < -0.4 is 10.1 Å². The normalized spacial score (nSPS) is 10.0. The average Bonchev–Trinajstić information content (AvgIpc) is 2.47. The molecule has 0 saturated carbocycles. The summed E-state index contributed by atoms with van der Waals surface area (Å²) >= 11 is 3.27. The van der Waals surface area contributed by atoms with E-state index in [-0.39, 0.29) is 17.1 Å². The predicted molar refractivity (Wildman–Crippen MR) is 77.6 cm³/mol. The molecular weight excluding hydrogens is 342 g/mol. The topological polar surface area (TPSA) is 101 Å². The van der Waals surface area contributed by atoms with Crippen LogP contribution in [0.2, 0.25) is 0 Å². The third kappa shape index (κ3) is 3.34. The zero-order valence-electron chi connectivity index (χ0n) is 10.8. The lowest BCUT2D eigenvalue weighted by Gasteiger charge is -2.10. The monoisotopic (exact) mass is 351 g/mol. The molecule has 0 aliphatic carbocycles. The van der Waals surface area contributed by atoms with Crippen LogP contribution in [-0.4, -0.2) is 34.1 Å². The maximum absolute atomic E-state index is 12.2. The molecule has 0 unspecified atom stereocenters. The van der Waals surface area contributed by atoms with E-state index in [0.29, 0.717) is 5.75 Å². The number of benzene rings is 1. The van der Waals surface area contributed by atoms with E-state index in [4.69, 9.17) is 9.84 Å². The number of carboxylic acids is 1. The number of methoxy groups -OCH3 is 1. The molecule has 0 bridgehead atoms. The van der Waals surface area contributed by atoms with Crippen molar-refractivity contribution >= 4 is 33.6 Å². The van der Waals surface area contributed by atoms with Gasteiger partial charge in [0.25, 0.3) is 5.91 Å². The molecular formula is C13H10BrN3O4. The Hall–Kier alpha value is -2.48. The summed E-state index contributed by atoms with van der Waals surface area (Å²) in [6.07, 6.45) is 2.53. The Bertz CT molecular complexity index is 706. The summed E-state index contributed by atoms with van der Waals surface area (Å²) in [5.74, 6) is -1.59. The number of rotatable bonds is 4. The summed E-state index contributed by atoms with van der Waals surface area (Å²) in [5, 5.41) is 11.4. The minimum Gasteiger partial charge on any atom is -0.496 e. The number of ether oxygens (including phenoxy) is 1. The summed E-state index contributed by atoms with van der Waals surface area (Å²) in [6.45, 7) is 0. The van der Waals surface area contributed by atoms with Crippen molar-refractivity contribution in [2.24, 2.45) is 0 Å². The molecule has 8 heteroatoms. The highest BCUT2D eigenvalue weighted by molar-refractivity contribution is 9.10. The zero-order valence-corrected chi connectivity index (χ0v) is 12.4. The zero-order chi connectivity index (χ0) is 15.4. The van der Waals surface area contributed by atoms with Gasteiger partial charge in [-0.1, -0.05) is 15.9 Å². The van der Waals surface area contributed by atoms with E-state index in [1.54, 1.807) is 18.2 Å². The van der Waals surface area contributed by atoms with Crippen LogP contribution in [0.15, 0.2) is 35.1 Å². The fourth-order valence-electron chi connectivity index (χ4n) is 1.61. The molecule has 1 aromatic carbocycles. The van der Waals surface area contributed by atoms with Gasteiger partial charge >= 0.3 is 5.97 Å². The molecule has 0 spiro atoms. The first-order chi connectivity index (χ1) is 10.0. The van der Waals surface area contributed by atoms with Crippen LogP contribution in [0.25, 0.3) is 0 Å². The second kappa shape index (κ2) is 6.31. The predicted octanol–water partition coefficient (Wildman–Crippen LogP) is 2.20. The van der Waals surface area contributed by atoms with Crippen LogP contribution >= 0.6 is 15.9 Å². The molecule has 0 aliphatic rings. The second-order valence-electron chi connectivity index (χ2n) is 3.86. The van der Waals surface area contributed by atoms with Gasteiger partial charge < -0.3 is 15.2 Å². The smallest absolute Gasteiger partial charge is 0.358 e. The van der Waals surface area contributed by atoms with Gasteiger partial charge in [-0.2, -0.15) is 0 Å². The van der Waals surface area contributed by atoms with Crippen molar-refractivity contribution < 1.29 is 19.4 Å². The van der Waals surface area contributed by atoms with Crippen molar-refractivity contribution in [3.8, 4) is 5.75 Å². The Morgan fingerprint density at radius 1 is 1.29 bits per heavy atom. The van der Waals surface area contributed by atoms with Crippen molar-refractivity contribution in [3.05, 3.63) is 46.3 Å². The SMILES string of the molecule is COc1cc(Br)ccc1C(=O)Nc1nccnc1C(=O)O. The van der Waals surface area contributed by atoms with Crippen LogP contribution in [0.1, 0.15) is 20.8 Å². The van der Waals surface area contributed by atoms with E-state index in [2.05, 4.69) is 31.2 Å². The van der Waals surface area contributed by atoms with Crippen molar-refractivity contribution in [2.75, 3.05) is 12.4 Å². The van der Waals surface area contributed by atoms with Gasteiger partial charge in [0.1, 0.15) is 5.75 Å². The van der Waals surface area contributed by atoms with Gasteiger partial charge in [-0.25, -0.2) is 14.8 Å². The molecule has 21 heavy (non-hydrogen) atoms. The molecule has 0 aliphatic heterocycles. The lowest BCUT2D eigenvalue weighted by atomic mass is 10.2. The van der Waals surface area contributed by atoms with Crippen LogP contribution in [0.3, 0.4) is 0 Å². The van der Waals surface area contributed by atoms with Crippen molar-refractivity contribution in [2.45, 2.75) is 0 Å². The third-order valence-corrected chi connectivity index (χ3v) is 3.03. The standard InChI is InChI=1S/C13H10BrN3O4/c1-21-9-6-7(14)2-3-8(9)12(18)17-11-10(13(19)20)15-4-5-16-11/h2-6H,1H3,(H,19,20)(H,16,17,18). The summed E-state index contributed by atoms with van der Waals surface area (Å²) < 4.78 is 5.87. The lowest BCUT2D eigenvalue weighted by molar-refractivity contribution is 0.0691. The minimum atomic E-state index is -1.28. The number of nitrogens with one attached hydrogen (secondary N) is 1. The summed E-state index contributed by atoms with van der Waals surface area (Å²) in [5.41, 5.74) is -0.0791. The number of nitrogens with zero attached hydrogens (tertiary/aromatic N) is 2. The maximum Gasteiger partial charge on any atom is 0.358 e. The van der Waals surface area contributed by atoms with Crippen LogP contribution in [0, 0.1) is 0 Å². The van der Waals surface area contributed by atoms with E-state index in [0.717, 1.165) is 4.47 Å². The summed E-state index contributed by atoms with van der Waals surface area (Å²) in [7, 11) is 1.43. The van der Waals surface area contributed by atoms with Gasteiger partial charge in [0, 0.05) is 16.9 Å². The number of anilines is 1. The molecule has 108 valence electrons. The minimum absolute atomic E-state index is 0.125. The number of carbonyl (C=O) groups is 2. The van der Waals surface area contributed by atoms with Crippen molar-refractivity contribution in [1.82, 2.24) is 9.97 Å². The lowest BCUT2D eigenvalue weighted by Crippen LogP contribution is -2.17. The number of carbonyl (C=O) groups excluding carboxylic acids is 1. The second-order valence-corrected chi connectivity index (χ2v) is 4.77. The Morgan fingerprint density at radius 3 is 2.67 bits per heavy atom. The van der Waals surface area contributed by atoms with Crippen molar-refractivity contribution in [3.63, 3.8) is 0 Å². The highest BCUT2D eigenvalue weighted by Crippen LogP contribution is 2.24. The van der Waals surface area contributed by atoms with E-state index in [9.17, 15) is 9.59 Å². The molecule has 0 fully saturated rings. The van der Waals surface area contributed by atoms with E-state index >= 15 is 0 Å². The Morgan fingerprint density at radius 2 is 2.00 bits per heavy atom. The molecule has 7 nitrogen and oxygen atoms in total. The highest BCUT2D eigenvalue weighted by Gasteiger charge is 2.18. The van der Waals surface area contributed by atoms with Crippen LogP contribution in [0.4, 0.5) is 5.82 Å². The Labute approximate surface area is 128 Å².